The van der Waals surface area contributed by atoms with E-state index in [1.54, 1.807) is 12.1 Å². The van der Waals surface area contributed by atoms with E-state index in [2.05, 4.69) is 34.1 Å². The maximum absolute atomic E-state index is 11.8. The van der Waals surface area contributed by atoms with E-state index in [0.29, 0.717) is 22.8 Å². The number of hydroxylamine groups is 2. The molecule has 0 amide bonds. The number of hydrogen-bond acceptors (Lipinski definition) is 7. The molecule has 0 aromatic carbocycles. The summed E-state index contributed by atoms with van der Waals surface area (Å²) in [5.41, 5.74) is 9.19. The summed E-state index contributed by atoms with van der Waals surface area (Å²) in [6.07, 6.45) is 0. The number of pyridine rings is 2. The first-order valence-corrected chi connectivity index (χ1v) is 7.99. The number of nitrogens with one attached hydrogen (secondary N) is 2. The lowest BCUT2D eigenvalue weighted by Gasteiger charge is -2.11. The van der Waals surface area contributed by atoms with E-state index in [4.69, 9.17) is 9.68 Å². The van der Waals surface area contributed by atoms with Gasteiger partial charge in [-0.3, -0.25) is 35.4 Å². The van der Waals surface area contributed by atoms with Crippen molar-refractivity contribution in [1.29, 1.82) is 0 Å². The van der Waals surface area contributed by atoms with Gasteiger partial charge in [-0.05, 0) is 38.1 Å². The van der Waals surface area contributed by atoms with E-state index >= 15 is 0 Å². The molecule has 0 atom stereocenters. The zero-order valence-corrected chi connectivity index (χ0v) is 14.9. The molecule has 26 heavy (non-hydrogen) atoms. The Morgan fingerprint density at radius 1 is 0.885 bits per heavy atom. The van der Waals surface area contributed by atoms with Gasteiger partial charge in [0.05, 0.1) is 22.8 Å². The standard InChI is InChI=1S/C19H22N4O3/c1-13-7-5-9-18(20-13)15(3)22-25-11-17(24)12-26-23-16(4)19-10-6-8-14(2)21-19/h5-10,22-23H,3-4,11-12H2,1-2H3. The minimum absolute atomic E-state index is 0.179. The van der Waals surface area contributed by atoms with Crippen molar-refractivity contribution in [2.24, 2.45) is 0 Å². The first-order chi connectivity index (χ1) is 12.5. The number of carbonyl (C=O) groups excluding carboxylic acids is 1. The van der Waals surface area contributed by atoms with E-state index in [0.717, 1.165) is 11.4 Å². The quantitative estimate of drug-likeness (QED) is 0.634. The lowest BCUT2D eigenvalue weighted by Crippen LogP contribution is -2.25. The average molecular weight is 354 g/mol. The van der Waals surface area contributed by atoms with Gasteiger partial charge in [0.1, 0.15) is 13.2 Å². The summed E-state index contributed by atoms with van der Waals surface area (Å²) in [6, 6.07) is 11.1. The van der Waals surface area contributed by atoms with E-state index in [9.17, 15) is 4.79 Å². The highest BCUT2D eigenvalue weighted by Crippen LogP contribution is 2.07. The Bertz CT molecular complexity index is 739. The number of rotatable bonds is 10. The number of hydrogen-bond donors (Lipinski definition) is 2. The van der Waals surface area contributed by atoms with Gasteiger partial charge >= 0.3 is 0 Å². The second-order valence-electron chi connectivity index (χ2n) is 5.61. The summed E-state index contributed by atoms with van der Waals surface area (Å²) in [5.74, 6) is -0.264. The Kier molecular flexibility index (Phi) is 7.02. The second kappa shape index (κ2) is 9.45. The Hall–Kier alpha value is -3.03. The van der Waals surface area contributed by atoms with E-state index < -0.39 is 0 Å². The van der Waals surface area contributed by atoms with Gasteiger partial charge in [-0.2, -0.15) is 0 Å². The third-order valence-electron chi connectivity index (χ3n) is 3.25. The van der Waals surface area contributed by atoms with Crippen molar-refractivity contribution in [3.63, 3.8) is 0 Å². The lowest BCUT2D eigenvalue weighted by atomic mass is 10.3. The summed E-state index contributed by atoms with van der Waals surface area (Å²) < 4.78 is 0. The van der Waals surface area contributed by atoms with Gasteiger partial charge in [-0.25, -0.2) is 0 Å². The molecule has 0 aliphatic carbocycles. The third-order valence-corrected chi connectivity index (χ3v) is 3.25. The van der Waals surface area contributed by atoms with E-state index in [1.807, 2.05) is 38.1 Å². The third kappa shape index (κ3) is 6.12. The Balaban J connectivity index is 1.66. The minimum atomic E-state index is -0.264. The van der Waals surface area contributed by atoms with Crippen LogP contribution in [0.15, 0.2) is 49.6 Å². The number of ketones is 1. The Labute approximate surface area is 152 Å². The van der Waals surface area contributed by atoms with Crippen LogP contribution in [0.3, 0.4) is 0 Å². The summed E-state index contributed by atoms with van der Waals surface area (Å²) in [5, 5.41) is 0. The zero-order chi connectivity index (χ0) is 18.9. The van der Waals surface area contributed by atoms with Crippen molar-refractivity contribution in [2.45, 2.75) is 13.8 Å². The van der Waals surface area contributed by atoms with Gasteiger partial charge < -0.3 is 0 Å². The van der Waals surface area contributed by atoms with Crippen LogP contribution in [-0.2, 0) is 14.5 Å². The average Bonchev–Trinajstić information content (AvgIpc) is 2.61. The fourth-order valence-corrected chi connectivity index (χ4v) is 1.98. The molecule has 2 heterocycles. The van der Waals surface area contributed by atoms with E-state index in [1.165, 1.54) is 0 Å². The van der Waals surface area contributed by atoms with Crippen LogP contribution in [0.25, 0.3) is 11.4 Å². The monoisotopic (exact) mass is 354 g/mol. The van der Waals surface area contributed by atoms with Crippen LogP contribution in [0.1, 0.15) is 22.8 Å². The van der Waals surface area contributed by atoms with Crippen LogP contribution >= 0.6 is 0 Å². The van der Waals surface area contributed by atoms with Crippen LogP contribution in [-0.4, -0.2) is 29.0 Å². The molecular formula is C19H22N4O3. The first kappa shape index (κ1) is 19.3. The molecule has 0 unspecified atom stereocenters. The number of aryl methyl sites for hydroxylation is 2. The molecule has 7 heteroatoms. The summed E-state index contributed by atoms with van der Waals surface area (Å²) in [6.45, 7) is 11.0. The molecule has 0 fully saturated rings. The predicted molar refractivity (Wildman–Crippen MR) is 99.2 cm³/mol. The molecule has 2 aromatic rings. The highest BCUT2D eigenvalue weighted by atomic mass is 16.7. The van der Waals surface area contributed by atoms with Crippen LogP contribution in [0, 0.1) is 13.8 Å². The normalized spacial score (nSPS) is 10.2. The molecule has 0 bridgehead atoms. The van der Waals surface area contributed by atoms with Gasteiger partial charge in [0, 0.05) is 11.4 Å². The molecule has 0 saturated carbocycles. The molecule has 2 rings (SSSR count). The first-order valence-electron chi connectivity index (χ1n) is 7.99. The molecule has 0 radical (unpaired) electrons. The molecular weight excluding hydrogens is 332 g/mol. The largest absolute Gasteiger partial charge is 0.294 e. The minimum Gasteiger partial charge on any atom is -0.294 e. The van der Waals surface area contributed by atoms with Crippen LogP contribution in [0.2, 0.25) is 0 Å². The van der Waals surface area contributed by atoms with Crippen molar-refractivity contribution >= 4 is 17.2 Å². The van der Waals surface area contributed by atoms with Crippen molar-refractivity contribution < 1.29 is 14.5 Å². The van der Waals surface area contributed by atoms with Crippen molar-refractivity contribution in [1.82, 2.24) is 20.9 Å². The predicted octanol–water partition coefficient (Wildman–Crippen LogP) is 2.35. The lowest BCUT2D eigenvalue weighted by molar-refractivity contribution is -0.131. The van der Waals surface area contributed by atoms with Crippen molar-refractivity contribution in [3.05, 3.63) is 72.3 Å². The Morgan fingerprint density at radius 2 is 1.31 bits per heavy atom. The smallest absolute Gasteiger partial charge is 0.189 e. The topological polar surface area (TPSA) is 85.4 Å². The van der Waals surface area contributed by atoms with Crippen LogP contribution in [0.5, 0.6) is 0 Å². The maximum Gasteiger partial charge on any atom is 0.189 e. The number of nitrogens with zero attached hydrogens (tertiary/aromatic N) is 2. The highest BCUT2D eigenvalue weighted by Gasteiger charge is 2.06. The van der Waals surface area contributed by atoms with Gasteiger partial charge in [0.25, 0.3) is 0 Å². The van der Waals surface area contributed by atoms with Gasteiger partial charge in [-0.1, -0.05) is 25.3 Å². The van der Waals surface area contributed by atoms with Crippen molar-refractivity contribution in [2.75, 3.05) is 13.2 Å². The SMILES string of the molecule is C=C(NOCC(=O)CONC(=C)c1cccc(C)n1)c1cccc(C)n1. The number of aromatic nitrogens is 2. The van der Waals surface area contributed by atoms with E-state index in [-0.39, 0.29) is 19.0 Å². The molecule has 0 saturated heterocycles. The molecule has 0 aliphatic rings. The van der Waals surface area contributed by atoms with Crippen LogP contribution < -0.4 is 11.0 Å². The number of carbonyl (C=O) groups is 1. The molecule has 0 aliphatic heterocycles. The number of Topliss-reactive ketones (excluding diaryl/α,β-unsaturated/α-hetero) is 1. The Morgan fingerprint density at radius 3 is 1.69 bits per heavy atom. The molecule has 136 valence electrons. The second-order valence-corrected chi connectivity index (χ2v) is 5.61. The van der Waals surface area contributed by atoms with Crippen molar-refractivity contribution in [3.8, 4) is 0 Å². The molecule has 2 aromatic heterocycles. The summed E-state index contributed by atoms with van der Waals surface area (Å²) in [4.78, 5) is 30.6. The fraction of sp³-hybridized carbons (Fsp3) is 0.211. The fourth-order valence-electron chi connectivity index (χ4n) is 1.98. The molecule has 2 N–H and O–H groups in total. The van der Waals surface area contributed by atoms with Crippen LogP contribution in [0.4, 0.5) is 0 Å². The van der Waals surface area contributed by atoms with Gasteiger partial charge in [0.15, 0.2) is 5.78 Å². The van der Waals surface area contributed by atoms with Gasteiger partial charge in [-0.15, -0.1) is 0 Å². The molecule has 7 nitrogen and oxygen atoms in total. The summed E-state index contributed by atoms with van der Waals surface area (Å²) >= 11 is 0. The zero-order valence-electron chi connectivity index (χ0n) is 14.9. The maximum atomic E-state index is 11.8. The molecule has 0 spiro atoms. The highest BCUT2D eigenvalue weighted by molar-refractivity contribution is 5.81. The van der Waals surface area contributed by atoms with Gasteiger partial charge in [0.2, 0.25) is 0 Å². The summed E-state index contributed by atoms with van der Waals surface area (Å²) in [7, 11) is 0.